The molecule has 0 bridgehead atoms. The van der Waals surface area contributed by atoms with Crippen LogP contribution in [0.1, 0.15) is 30.7 Å². The third-order valence-corrected chi connectivity index (χ3v) is 3.81. The Morgan fingerprint density at radius 1 is 1.56 bits per heavy atom. The smallest absolute Gasteiger partial charge is 0.310 e. The second kappa shape index (κ2) is 4.49. The Morgan fingerprint density at radius 3 is 2.78 bits per heavy atom. The van der Waals surface area contributed by atoms with E-state index in [0.29, 0.717) is 11.8 Å². The second-order valence-corrected chi connectivity index (χ2v) is 5.36. The predicted molar refractivity (Wildman–Crippen MR) is 62.5 cm³/mol. The van der Waals surface area contributed by atoms with Crippen LogP contribution < -0.4 is 5.32 Å². The van der Waals surface area contributed by atoms with Crippen LogP contribution in [0.25, 0.3) is 0 Å². The lowest BCUT2D eigenvalue weighted by Gasteiger charge is -2.17. The molecule has 1 amide bonds. The van der Waals surface area contributed by atoms with Gasteiger partial charge in [-0.05, 0) is 13.8 Å². The molecule has 1 atom stereocenters. The molecule has 1 aromatic rings. The van der Waals surface area contributed by atoms with E-state index in [-0.39, 0.29) is 23.2 Å². The van der Waals surface area contributed by atoms with Crippen molar-refractivity contribution >= 4 is 23.5 Å². The highest BCUT2D eigenvalue weighted by Gasteiger charge is 2.45. The number of nitrogens with one attached hydrogen (secondary N) is 1. The minimum absolute atomic E-state index is 0.0204. The lowest BCUT2D eigenvalue weighted by molar-refractivity contribution is -0.129. The Kier molecular flexibility index (Phi) is 3.31. The molecule has 0 aromatic carbocycles. The number of hydrogen-bond acceptors (Lipinski definition) is 3. The van der Waals surface area contributed by atoms with Gasteiger partial charge in [-0.2, -0.15) is 18.3 Å². The van der Waals surface area contributed by atoms with Crippen molar-refractivity contribution in [2.24, 2.45) is 0 Å². The van der Waals surface area contributed by atoms with E-state index in [2.05, 4.69) is 10.4 Å². The predicted octanol–water partition coefficient (Wildman–Crippen LogP) is 2.75. The summed E-state index contributed by atoms with van der Waals surface area (Å²) < 4.78 is 40.2. The Bertz CT molecular complexity index is 469. The number of anilines is 1. The zero-order valence-corrected chi connectivity index (χ0v) is 10.6. The number of fused-ring (bicyclic) bond motifs is 1. The van der Waals surface area contributed by atoms with Crippen molar-refractivity contribution in [2.45, 2.75) is 31.3 Å². The number of carbonyl (C=O) groups is 1. The molecule has 1 aliphatic heterocycles. The van der Waals surface area contributed by atoms with Crippen LogP contribution in [0.5, 0.6) is 0 Å². The van der Waals surface area contributed by atoms with Gasteiger partial charge in [0.15, 0.2) is 0 Å². The average Bonchev–Trinajstić information content (AvgIpc) is 2.53. The summed E-state index contributed by atoms with van der Waals surface area (Å²) in [6.45, 7) is 3.58. The average molecular weight is 279 g/mol. The first-order valence-electron chi connectivity index (χ1n) is 5.36. The minimum Gasteiger partial charge on any atom is -0.310 e. The molecule has 100 valence electrons. The van der Waals surface area contributed by atoms with Crippen molar-refractivity contribution in [3.8, 4) is 0 Å². The molecule has 1 aliphatic rings. The van der Waals surface area contributed by atoms with E-state index in [4.69, 9.17) is 0 Å². The van der Waals surface area contributed by atoms with Gasteiger partial charge in [0.25, 0.3) is 0 Å². The summed E-state index contributed by atoms with van der Waals surface area (Å²) in [6.07, 6.45) is -3.21. The maximum Gasteiger partial charge on any atom is 0.404 e. The van der Waals surface area contributed by atoms with Crippen molar-refractivity contribution in [2.75, 3.05) is 11.1 Å². The summed E-state index contributed by atoms with van der Waals surface area (Å²) in [5.41, 5.74) is 0.0204. The van der Waals surface area contributed by atoms with Gasteiger partial charge in [-0.1, -0.05) is 0 Å². The van der Waals surface area contributed by atoms with Gasteiger partial charge in [-0.15, -0.1) is 11.8 Å². The van der Waals surface area contributed by atoms with Crippen molar-refractivity contribution < 1.29 is 18.0 Å². The first-order chi connectivity index (χ1) is 8.30. The van der Waals surface area contributed by atoms with E-state index in [9.17, 15) is 18.0 Å². The molecule has 1 aromatic heterocycles. The minimum atomic E-state index is -4.39. The van der Waals surface area contributed by atoms with E-state index in [0.717, 1.165) is 0 Å². The van der Waals surface area contributed by atoms with Gasteiger partial charge in [0.2, 0.25) is 5.91 Å². The van der Waals surface area contributed by atoms with Gasteiger partial charge in [0, 0.05) is 11.6 Å². The van der Waals surface area contributed by atoms with E-state index in [1.54, 1.807) is 13.8 Å². The normalized spacial score (nSPS) is 20.6. The van der Waals surface area contributed by atoms with E-state index in [1.807, 2.05) is 0 Å². The van der Waals surface area contributed by atoms with Crippen molar-refractivity contribution in [1.29, 1.82) is 0 Å². The highest BCUT2D eigenvalue weighted by molar-refractivity contribution is 8.00. The number of rotatable bonds is 1. The summed E-state index contributed by atoms with van der Waals surface area (Å²) in [7, 11) is 0. The number of nitrogens with zero attached hydrogens (tertiary/aromatic N) is 2. The molecule has 0 saturated heterocycles. The SMILES string of the molecule is CC(C)n1ncc2c1NC(=O)CS[C@H]2C(F)(F)F. The molecule has 0 spiro atoms. The summed E-state index contributed by atoms with van der Waals surface area (Å²) in [5.74, 6) is -0.491. The molecule has 0 radical (unpaired) electrons. The fraction of sp³-hybridized carbons (Fsp3) is 0.600. The van der Waals surface area contributed by atoms with Crippen LogP contribution in [0.15, 0.2) is 6.20 Å². The maximum absolute atomic E-state index is 12.9. The molecule has 0 aliphatic carbocycles. The van der Waals surface area contributed by atoms with Gasteiger partial charge in [0.1, 0.15) is 11.1 Å². The molecular weight excluding hydrogens is 267 g/mol. The monoisotopic (exact) mass is 279 g/mol. The number of hydrogen-bond donors (Lipinski definition) is 1. The highest BCUT2D eigenvalue weighted by atomic mass is 32.2. The van der Waals surface area contributed by atoms with Gasteiger partial charge >= 0.3 is 6.18 Å². The lowest BCUT2D eigenvalue weighted by Crippen LogP contribution is -2.18. The quantitative estimate of drug-likeness (QED) is 0.860. The molecule has 18 heavy (non-hydrogen) atoms. The molecule has 8 heteroatoms. The number of carbonyl (C=O) groups excluding carboxylic acids is 1. The van der Waals surface area contributed by atoms with Crippen LogP contribution in [0.4, 0.5) is 19.0 Å². The molecule has 2 rings (SSSR count). The van der Waals surface area contributed by atoms with Crippen molar-refractivity contribution in [1.82, 2.24) is 9.78 Å². The number of amides is 1. The van der Waals surface area contributed by atoms with Crippen LogP contribution in [0, 0.1) is 0 Å². The number of alkyl halides is 3. The summed E-state index contributed by atoms with van der Waals surface area (Å²) in [6, 6.07) is -0.119. The summed E-state index contributed by atoms with van der Waals surface area (Å²) >= 11 is 0.576. The molecule has 4 nitrogen and oxygen atoms in total. The third kappa shape index (κ3) is 2.33. The fourth-order valence-corrected chi connectivity index (χ4v) is 2.71. The largest absolute Gasteiger partial charge is 0.404 e. The molecule has 0 saturated carbocycles. The van der Waals surface area contributed by atoms with Crippen molar-refractivity contribution in [3.63, 3.8) is 0 Å². The molecular formula is C10H12F3N3OS. The van der Waals surface area contributed by atoms with Crippen LogP contribution >= 0.6 is 11.8 Å². The second-order valence-electron chi connectivity index (χ2n) is 4.27. The van der Waals surface area contributed by atoms with Gasteiger partial charge in [-0.25, -0.2) is 4.68 Å². The Balaban J connectivity index is 2.50. The topological polar surface area (TPSA) is 46.9 Å². The zero-order chi connectivity index (χ0) is 13.5. The standard InChI is InChI=1S/C10H12F3N3OS/c1-5(2)16-9-6(3-14-16)8(10(11,12)13)18-4-7(17)15-9/h3,5,8H,4H2,1-2H3,(H,15,17)/t8-/m1/s1. The van der Waals surface area contributed by atoms with E-state index in [1.165, 1.54) is 10.9 Å². The highest BCUT2D eigenvalue weighted by Crippen LogP contribution is 2.47. The van der Waals surface area contributed by atoms with Crippen molar-refractivity contribution in [3.05, 3.63) is 11.8 Å². The van der Waals surface area contributed by atoms with Crippen LogP contribution in [0.3, 0.4) is 0 Å². The van der Waals surface area contributed by atoms with E-state index >= 15 is 0 Å². The molecule has 1 N–H and O–H groups in total. The lowest BCUT2D eigenvalue weighted by atomic mass is 10.2. The Labute approximate surface area is 106 Å². The van der Waals surface area contributed by atoms with Gasteiger partial charge in [-0.3, -0.25) is 4.79 Å². The van der Waals surface area contributed by atoms with E-state index < -0.39 is 17.3 Å². The Morgan fingerprint density at radius 2 is 2.22 bits per heavy atom. The first kappa shape index (κ1) is 13.3. The summed E-state index contributed by atoms with van der Waals surface area (Å²) in [4.78, 5) is 11.5. The zero-order valence-electron chi connectivity index (χ0n) is 9.78. The van der Waals surface area contributed by atoms with Gasteiger partial charge in [0.05, 0.1) is 11.9 Å². The maximum atomic E-state index is 12.9. The Hall–Kier alpha value is -1.18. The fourth-order valence-electron chi connectivity index (χ4n) is 1.78. The molecule has 0 unspecified atom stereocenters. The first-order valence-corrected chi connectivity index (χ1v) is 6.41. The third-order valence-electron chi connectivity index (χ3n) is 2.53. The number of aromatic nitrogens is 2. The van der Waals surface area contributed by atoms with Crippen LogP contribution in [0.2, 0.25) is 0 Å². The molecule has 0 fully saturated rings. The van der Waals surface area contributed by atoms with Gasteiger partial charge < -0.3 is 5.32 Å². The number of thioether (sulfide) groups is 1. The van der Waals surface area contributed by atoms with Crippen LogP contribution in [-0.4, -0.2) is 27.6 Å². The summed E-state index contributed by atoms with van der Waals surface area (Å²) in [5, 5.41) is 4.71. The van der Waals surface area contributed by atoms with Crippen LogP contribution in [-0.2, 0) is 4.79 Å². The molecule has 2 heterocycles. The number of halogens is 3.